The molecule has 3 aromatic carbocycles. The molecule has 3 aliphatic carbocycles. The number of carbonyl (C=O) groups excluding carboxylic acids is 1. The topological polar surface area (TPSA) is 47.6 Å². The highest BCUT2D eigenvalue weighted by atomic mass is 16.5. The van der Waals surface area contributed by atoms with E-state index in [1.807, 2.05) is 24.3 Å². The zero-order chi connectivity index (χ0) is 21.2. The SMILES string of the molecule is COc1ccccc1OCCC(=O)NCC1CC2c3ccccc3C1c1ccccc12. The van der Waals surface area contributed by atoms with Crippen LogP contribution in [0.5, 0.6) is 11.5 Å². The summed E-state index contributed by atoms with van der Waals surface area (Å²) in [6.07, 6.45) is 1.41. The summed E-state index contributed by atoms with van der Waals surface area (Å²) >= 11 is 0. The Kier molecular flexibility index (Phi) is 5.37. The van der Waals surface area contributed by atoms with Crippen molar-refractivity contribution in [2.75, 3.05) is 20.3 Å². The van der Waals surface area contributed by atoms with Crippen molar-refractivity contribution in [1.82, 2.24) is 5.32 Å². The second-order valence-electron chi connectivity index (χ2n) is 8.34. The highest BCUT2D eigenvalue weighted by Gasteiger charge is 2.42. The monoisotopic (exact) mass is 413 g/mol. The standard InChI is InChI=1S/C27H27NO3/c1-30-24-12-6-7-13-25(24)31-15-14-26(29)28-17-18-16-23-19-8-2-4-10-21(19)27(18)22-11-5-3-9-20(22)23/h2-13,18,23,27H,14-17H2,1H3,(H,28,29). The van der Waals surface area contributed by atoms with Gasteiger partial charge in [0, 0.05) is 18.4 Å². The first-order chi connectivity index (χ1) is 15.3. The smallest absolute Gasteiger partial charge is 0.223 e. The highest BCUT2D eigenvalue weighted by Crippen LogP contribution is 2.55. The van der Waals surface area contributed by atoms with Crippen molar-refractivity contribution in [3.8, 4) is 11.5 Å². The van der Waals surface area contributed by atoms with E-state index in [0.717, 1.165) is 6.42 Å². The lowest BCUT2D eigenvalue weighted by Crippen LogP contribution is -2.39. The van der Waals surface area contributed by atoms with Gasteiger partial charge in [0.2, 0.25) is 5.91 Å². The molecule has 3 aliphatic rings. The molecule has 0 radical (unpaired) electrons. The predicted octanol–water partition coefficient (Wildman–Crippen LogP) is 4.88. The molecule has 4 heteroatoms. The minimum absolute atomic E-state index is 0.0258. The Bertz CT molecular complexity index is 1050. The van der Waals surface area contributed by atoms with E-state index in [1.165, 1.54) is 22.3 Å². The van der Waals surface area contributed by atoms with Crippen LogP contribution in [0.25, 0.3) is 0 Å². The van der Waals surface area contributed by atoms with Crippen LogP contribution < -0.4 is 14.8 Å². The van der Waals surface area contributed by atoms with Gasteiger partial charge in [-0.05, 0) is 46.7 Å². The fourth-order valence-corrected chi connectivity index (χ4v) is 5.28. The van der Waals surface area contributed by atoms with Crippen LogP contribution in [0.1, 0.15) is 46.9 Å². The van der Waals surface area contributed by atoms with Crippen LogP contribution in [0.3, 0.4) is 0 Å². The quantitative estimate of drug-likeness (QED) is 0.601. The molecule has 31 heavy (non-hydrogen) atoms. The molecular formula is C27H27NO3. The minimum atomic E-state index is 0.0258. The number of ether oxygens (including phenoxy) is 2. The maximum Gasteiger partial charge on any atom is 0.223 e. The lowest BCUT2D eigenvalue weighted by atomic mass is 9.59. The van der Waals surface area contributed by atoms with Crippen LogP contribution >= 0.6 is 0 Å². The normalized spacial score (nSPS) is 20.5. The molecule has 0 saturated heterocycles. The van der Waals surface area contributed by atoms with E-state index in [9.17, 15) is 4.79 Å². The van der Waals surface area contributed by atoms with Gasteiger partial charge in [-0.2, -0.15) is 0 Å². The largest absolute Gasteiger partial charge is 0.493 e. The van der Waals surface area contributed by atoms with Crippen LogP contribution in [0.2, 0.25) is 0 Å². The first kappa shape index (κ1) is 19.7. The number of benzene rings is 3. The number of carbonyl (C=O) groups is 1. The van der Waals surface area contributed by atoms with Gasteiger partial charge in [-0.15, -0.1) is 0 Å². The molecule has 1 atom stereocenters. The van der Waals surface area contributed by atoms with Crippen molar-refractivity contribution < 1.29 is 14.3 Å². The number of para-hydroxylation sites is 2. The van der Waals surface area contributed by atoms with E-state index in [2.05, 4.69) is 53.8 Å². The van der Waals surface area contributed by atoms with E-state index < -0.39 is 0 Å². The van der Waals surface area contributed by atoms with Gasteiger partial charge in [-0.25, -0.2) is 0 Å². The summed E-state index contributed by atoms with van der Waals surface area (Å²) in [7, 11) is 1.61. The van der Waals surface area contributed by atoms with Crippen LogP contribution in [-0.2, 0) is 4.79 Å². The molecule has 0 aromatic heterocycles. The first-order valence-corrected chi connectivity index (χ1v) is 11.0. The van der Waals surface area contributed by atoms with Crippen molar-refractivity contribution in [3.63, 3.8) is 0 Å². The number of amides is 1. The maximum absolute atomic E-state index is 12.5. The zero-order valence-corrected chi connectivity index (χ0v) is 17.7. The summed E-state index contributed by atoms with van der Waals surface area (Å²) in [4.78, 5) is 12.5. The number of methoxy groups -OCH3 is 1. The lowest BCUT2D eigenvalue weighted by Gasteiger charge is -2.45. The molecule has 1 amide bonds. The zero-order valence-electron chi connectivity index (χ0n) is 17.7. The Labute approximate surface area is 183 Å². The summed E-state index contributed by atoms with van der Waals surface area (Å²) in [5.41, 5.74) is 5.77. The maximum atomic E-state index is 12.5. The van der Waals surface area contributed by atoms with Gasteiger partial charge in [0.1, 0.15) is 0 Å². The van der Waals surface area contributed by atoms with Gasteiger partial charge in [-0.1, -0.05) is 60.7 Å². The molecule has 4 nitrogen and oxygen atoms in total. The fraction of sp³-hybridized carbons (Fsp3) is 0.296. The van der Waals surface area contributed by atoms with Gasteiger partial charge in [-0.3, -0.25) is 4.79 Å². The molecule has 0 aliphatic heterocycles. The molecule has 0 spiro atoms. The minimum Gasteiger partial charge on any atom is -0.493 e. The van der Waals surface area contributed by atoms with Gasteiger partial charge in [0.25, 0.3) is 0 Å². The number of nitrogens with one attached hydrogen (secondary N) is 1. The van der Waals surface area contributed by atoms with Crippen LogP contribution in [-0.4, -0.2) is 26.2 Å². The summed E-state index contributed by atoms with van der Waals surface area (Å²) in [5, 5.41) is 3.16. The van der Waals surface area contributed by atoms with E-state index in [0.29, 0.717) is 48.8 Å². The average molecular weight is 414 g/mol. The summed E-state index contributed by atoms with van der Waals surface area (Å²) in [5.74, 6) is 2.55. The Morgan fingerprint density at radius 3 is 2.10 bits per heavy atom. The molecule has 1 unspecified atom stereocenters. The van der Waals surface area contributed by atoms with Gasteiger partial charge >= 0.3 is 0 Å². The molecule has 1 N–H and O–H groups in total. The van der Waals surface area contributed by atoms with Crippen LogP contribution in [0.15, 0.2) is 72.8 Å². The average Bonchev–Trinajstić information content (AvgIpc) is 2.83. The number of hydrogen-bond acceptors (Lipinski definition) is 3. The molecule has 0 saturated carbocycles. The molecule has 2 bridgehead atoms. The molecular weight excluding hydrogens is 386 g/mol. The van der Waals surface area contributed by atoms with Gasteiger partial charge < -0.3 is 14.8 Å². The lowest BCUT2D eigenvalue weighted by molar-refractivity contribution is -0.121. The van der Waals surface area contributed by atoms with Crippen molar-refractivity contribution in [2.45, 2.75) is 24.7 Å². The van der Waals surface area contributed by atoms with Crippen LogP contribution in [0.4, 0.5) is 0 Å². The molecule has 0 fully saturated rings. The number of rotatable bonds is 7. The van der Waals surface area contributed by atoms with E-state index in [1.54, 1.807) is 7.11 Å². The van der Waals surface area contributed by atoms with E-state index in [-0.39, 0.29) is 5.91 Å². The van der Waals surface area contributed by atoms with Crippen molar-refractivity contribution in [3.05, 3.63) is 95.1 Å². The molecule has 158 valence electrons. The van der Waals surface area contributed by atoms with Gasteiger partial charge in [0.05, 0.1) is 20.1 Å². The van der Waals surface area contributed by atoms with Crippen LogP contribution in [0, 0.1) is 5.92 Å². The Morgan fingerprint density at radius 1 is 0.871 bits per heavy atom. The Hall–Kier alpha value is -3.27. The third kappa shape index (κ3) is 3.67. The van der Waals surface area contributed by atoms with E-state index >= 15 is 0 Å². The van der Waals surface area contributed by atoms with Crippen molar-refractivity contribution in [2.24, 2.45) is 5.92 Å². The summed E-state index contributed by atoms with van der Waals surface area (Å²) in [6, 6.07) is 25.1. The Morgan fingerprint density at radius 2 is 1.45 bits per heavy atom. The predicted molar refractivity (Wildman–Crippen MR) is 121 cm³/mol. The third-order valence-electron chi connectivity index (χ3n) is 6.64. The highest BCUT2D eigenvalue weighted by molar-refractivity contribution is 5.76. The first-order valence-electron chi connectivity index (χ1n) is 11.0. The molecule has 3 aromatic rings. The molecule has 0 heterocycles. The second-order valence-corrected chi connectivity index (χ2v) is 8.34. The second kappa shape index (κ2) is 8.46. The summed E-state index contributed by atoms with van der Waals surface area (Å²) < 4.78 is 11.0. The third-order valence-corrected chi connectivity index (χ3v) is 6.64. The summed E-state index contributed by atoms with van der Waals surface area (Å²) in [6.45, 7) is 1.02. The fourth-order valence-electron chi connectivity index (χ4n) is 5.28. The number of fused-ring (bicyclic) bond motifs is 1. The van der Waals surface area contributed by atoms with Crippen molar-refractivity contribution >= 4 is 5.91 Å². The molecule has 6 rings (SSSR count). The Balaban J connectivity index is 1.22. The van der Waals surface area contributed by atoms with Crippen molar-refractivity contribution in [1.29, 1.82) is 0 Å². The number of hydrogen-bond donors (Lipinski definition) is 1. The van der Waals surface area contributed by atoms with Gasteiger partial charge in [0.15, 0.2) is 11.5 Å². The van der Waals surface area contributed by atoms with E-state index in [4.69, 9.17) is 9.47 Å².